The normalized spacial score (nSPS) is 14.5. The van der Waals surface area contributed by atoms with Gasteiger partial charge >= 0.3 is 0 Å². The van der Waals surface area contributed by atoms with Gasteiger partial charge in [-0.25, -0.2) is 0 Å². The fourth-order valence-electron chi connectivity index (χ4n) is 1.64. The predicted molar refractivity (Wildman–Crippen MR) is 63.1 cm³/mol. The molecule has 16 heavy (non-hydrogen) atoms. The van der Waals surface area contributed by atoms with Crippen LogP contribution < -0.4 is 0 Å². The van der Waals surface area contributed by atoms with Gasteiger partial charge in [0.15, 0.2) is 11.7 Å². The standard InChI is InChI=1S/C13H15NO2/c1-9-3-4-11(7-10(9)2)12(15)8-13-14-5-6-16-13/h3-4,7H,5-6,8H2,1-2H3. The zero-order valence-corrected chi connectivity index (χ0v) is 9.62. The highest BCUT2D eigenvalue weighted by atomic mass is 16.5. The lowest BCUT2D eigenvalue weighted by Gasteiger charge is -2.04. The molecule has 0 aliphatic carbocycles. The number of ketones is 1. The summed E-state index contributed by atoms with van der Waals surface area (Å²) in [5, 5.41) is 0. The number of carbonyl (C=O) groups excluding carboxylic acids is 1. The Bertz CT molecular complexity index is 449. The van der Waals surface area contributed by atoms with Gasteiger partial charge in [0.25, 0.3) is 0 Å². The molecule has 0 radical (unpaired) electrons. The Labute approximate surface area is 95.2 Å². The Kier molecular flexibility index (Phi) is 3.04. The first-order valence-electron chi connectivity index (χ1n) is 5.43. The topological polar surface area (TPSA) is 38.7 Å². The van der Waals surface area contributed by atoms with Crippen molar-refractivity contribution in [2.24, 2.45) is 4.99 Å². The molecule has 1 aromatic carbocycles. The van der Waals surface area contributed by atoms with Crippen molar-refractivity contribution >= 4 is 11.7 Å². The van der Waals surface area contributed by atoms with E-state index in [0.717, 1.165) is 11.1 Å². The Hall–Kier alpha value is -1.64. The molecule has 0 fully saturated rings. The first-order valence-corrected chi connectivity index (χ1v) is 5.43. The summed E-state index contributed by atoms with van der Waals surface area (Å²) in [6.45, 7) is 5.33. The molecule has 0 saturated heterocycles. The van der Waals surface area contributed by atoms with Crippen LogP contribution >= 0.6 is 0 Å². The number of hydrogen-bond donors (Lipinski definition) is 0. The smallest absolute Gasteiger partial charge is 0.191 e. The van der Waals surface area contributed by atoms with Gasteiger partial charge in [-0.1, -0.05) is 12.1 Å². The van der Waals surface area contributed by atoms with E-state index in [1.54, 1.807) is 0 Å². The van der Waals surface area contributed by atoms with Gasteiger partial charge in [0, 0.05) is 5.56 Å². The van der Waals surface area contributed by atoms with Crippen molar-refractivity contribution in [1.82, 2.24) is 0 Å². The number of aliphatic imine (C=N–C) groups is 1. The monoisotopic (exact) mass is 217 g/mol. The number of nitrogens with zero attached hydrogens (tertiary/aromatic N) is 1. The molecule has 0 atom stereocenters. The molecule has 1 aliphatic heterocycles. The average molecular weight is 217 g/mol. The van der Waals surface area contributed by atoms with Gasteiger partial charge in [-0.3, -0.25) is 9.79 Å². The number of aryl methyl sites for hydroxylation is 2. The van der Waals surface area contributed by atoms with E-state index < -0.39 is 0 Å². The second-order valence-corrected chi connectivity index (χ2v) is 4.02. The number of ether oxygens (including phenoxy) is 1. The first-order chi connectivity index (χ1) is 7.66. The third-order valence-electron chi connectivity index (χ3n) is 2.79. The van der Waals surface area contributed by atoms with Crippen LogP contribution in [0.4, 0.5) is 0 Å². The number of Topliss-reactive ketones (excluding diaryl/α,β-unsaturated/α-hetero) is 1. The van der Waals surface area contributed by atoms with E-state index in [1.165, 1.54) is 5.56 Å². The van der Waals surface area contributed by atoms with E-state index >= 15 is 0 Å². The minimum absolute atomic E-state index is 0.0729. The maximum Gasteiger partial charge on any atom is 0.191 e. The second kappa shape index (κ2) is 4.47. The van der Waals surface area contributed by atoms with Crippen molar-refractivity contribution < 1.29 is 9.53 Å². The van der Waals surface area contributed by atoms with E-state index in [4.69, 9.17) is 4.74 Å². The first kappa shape index (κ1) is 10.9. The summed E-state index contributed by atoms with van der Waals surface area (Å²) in [4.78, 5) is 16.0. The van der Waals surface area contributed by atoms with Crippen molar-refractivity contribution in [3.05, 3.63) is 34.9 Å². The maximum atomic E-state index is 11.9. The quantitative estimate of drug-likeness (QED) is 0.729. The largest absolute Gasteiger partial charge is 0.479 e. The molecular formula is C13H15NO2. The van der Waals surface area contributed by atoms with Crippen LogP contribution in [0.5, 0.6) is 0 Å². The van der Waals surface area contributed by atoms with E-state index in [9.17, 15) is 4.79 Å². The molecular weight excluding hydrogens is 202 g/mol. The van der Waals surface area contributed by atoms with E-state index in [0.29, 0.717) is 19.0 Å². The molecule has 3 nitrogen and oxygen atoms in total. The van der Waals surface area contributed by atoms with E-state index in [1.807, 2.05) is 32.0 Å². The molecule has 1 aliphatic rings. The van der Waals surface area contributed by atoms with Gasteiger partial charge in [0.05, 0.1) is 13.0 Å². The molecule has 0 unspecified atom stereocenters. The van der Waals surface area contributed by atoms with Crippen molar-refractivity contribution in [2.75, 3.05) is 13.2 Å². The van der Waals surface area contributed by atoms with Crippen LogP contribution in [0.15, 0.2) is 23.2 Å². The zero-order valence-electron chi connectivity index (χ0n) is 9.62. The molecule has 84 valence electrons. The van der Waals surface area contributed by atoms with Crippen LogP contribution in [-0.4, -0.2) is 24.8 Å². The molecule has 0 bridgehead atoms. The van der Waals surface area contributed by atoms with Crippen LogP contribution in [-0.2, 0) is 4.74 Å². The third-order valence-corrected chi connectivity index (χ3v) is 2.79. The van der Waals surface area contributed by atoms with E-state index in [-0.39, 0.29) is 12.2 Å². The van der Waals surface area contributed by atoms with Crippen LogP contribution in [0.3, 0.4) is 0 Å². The van der Waals surface area contributed by atoms with Gasteiger partial charge in [-0.15, -0.1) is 0 Å². The number of rotatable bonds is 3. The summed E-state index contributed by atoms with van der Waals surface area (Å²) in [5.74, 6) is 0.645. The van der Waals surface area contributed by atoms with Gasteiger partial charge < -0.3 is 4.74 Å². The number of hydrogen-bond acceptors (Lipinski definition) is 3. The highest BCUT2D eigenvalue weighted by Crippen LogP contribution is 2.12. The molecule has 1 aromatic rings. The van der Waals surface area contributed by atoms with Crippen molar-refractivity contribution in [2.45, 2.75) is 20.3 Å². The highest BCUT2D eigenvalue weighted by molar-refractivity contribution is 6.07. The van der Waals surface area contributed by atoms with Crippen LogP contribution in [0.1, 0.15) is 27.9 Å². The molecule has 0 amide bonds. The minimum Gasteiger partial charge on any atom is -0.479 e. The Morgan fingerprint density at radius 2 is 2.19 bits per heavy atom. The van der Waals surface area contributed by atoms with Crippen molar-refractivity contribution in [1.29, 1.82) is 0 Å². The van der Waals surface area contributed by atoms with Gasteiger partial charge in [-0.05, 0) is 31.0 Å². The van der Waals surface area contributed by atoms with Crippen LogP contribution in [0.2, 0.25) is 0 Å². The Balaban J connectivity index is 2.11. The minimum atomic E-state index is 0.0729. The summed E-state index contributed by atoms with van der Waals surface area (Å²) >= 11 is 0. The number of carbonyl (C=O) groups is 1. The second-order valence-electron chi connectivity index (χ2n) is 4.02. The van der Waals surface area contributed by atoms with E-state index in [2.05, 4.69) is 4.99 Å². The van der Waals surface area contributed by atoms with Crippen LogP contribution in [0.25, 0.3) is 0 Å². The summed E-state index contributed by atoms with van der Waals surface area (Å²) in [7, 11) is 0. The van der Waals surface area contributed by atoms with Crippen molar-refractivity contribution in [3.63, 3.8) is 0 Å². The highest BCUT2D eigenvalue weighted by Gasteiger charge is 2.14. The molecule has 1 heterocycles. The Morgan fingerprint density at radius 3 is 2.81 bits per heavy atom. The fraction of sp³-hybridized carbons (Fsp3) is 0.385. The van der Waals surface area contributed by atoms with Gasteiger partial charge in [-0.2, -0.15) is 0 Å². The maximum absolute atomic E-state index is 11.9. The third kappa shape index (κ3) is 2.30. The summed E-state index contributed by atoms with van der Waals surface area (Å²) in [6, 6.07) is 5.76. The lowest BCUT2D eigenvalue weighted by molar-refractivity contribution is 0.0994. The summed E-state index contributed by atoms with van der Waals surface area (Å²) < 4.78 is 5.23. The SMILES string of the molecule is Cc1ccc(C(=O)CC2=NCCO2)cc1C. The molecule has 0 spiro atoms. The lowest BCUT2D eigenvalue weighted by Crippen LogP contribution is -2.08. The van der Waals surface area contributed by atoms with Gasteiger partial charge in [0.1, 0.15) is 6.61 Å². The zero-order chi connectivity index (χ0) is 11.5. The molecule has 0 aromatic heterocycles. The van der Waals surface area contributed by atoms with Crippen molar-refractivity contribution in [3.8, 4) is 0 Å². The summed E-state index contributed by atoms with van der Waals surface area (Å²) in [6.07, 6.45) is 0.280. The van der Waals surface area contributed by atoms with Crippen LogP contribution in [0, 0.1) is 13.8 Å². The molecule has 0 saturated carbocycles. The molecule has 0 N–H and O–H groups in total. The fourth-order valence-corrected chi connectivity index (χ4v) is 1.64. The Morgan fingerprint density at radius 1 is 1.38 bits per heavy atom. The number of benzene rings is 1. The molecule has 2 rings (SSSR count). The van der Waals surface area contributed by atoms with Gasteiger partial charge in [0.2, 0.25) is 0 Å². The molecule has 3 heteroatoms. The lowest BCUT2D eigenvalue weighted by atomic mass is 10.0. The predicted octanol–water partition coefficient (Wildman–Crippen LogP) is 2.30. The summed E-state index contributed by atoms with van der Waals surface area (Å²) in [5.41, 5.74) is 3.08. The average Bonchev–Trinajstić information content (AvgIpc) is 2.74.